The third kappa shape index (κ3) is 5.53. The Balaban J connectivity index is 1.05. The fourth-order valence-corrected chi connectivity index (χ4v) is 11.9. The molecule has 65 heavy (non-hydrogen) atoms. The Kier molecular flexibility index (Phi) is 7.89. The van der Waals surface area contributed by atoms with Gasteiger partial charge in [0, 0.05) is 37.3 Å². The van der Waals surface area contributed by atoms with E-state index in [0.29, 0.717) is 0 Å². The van der Waals surface area contributed by atoms with Crippen molar-refractivity contribution in [3.05, 3.63) is 231 Å². The molecule has 0 bridgehead atoms. The van der Waals surface area contributed by atoms with Gasteiger partial charge < -0.3 is 9.47 Å². The van der Waals surface area contributed by atoms with Crippen molar-refractivity contribution in [1.29, 1.82) is 0 Å². The predicted octanol–water partition coefficient (Wildman–Crippen LogP) is 18.1. The average molecular weight is 843 g/mol. The number of nitrogens with zero attached hydrogens (tertiary/aromatic N) is 2. The molecule has 0 saturated heterocycles. The summed E-state index contributed by atoms with van der Waals surface area (Å²) >= 11 is 1.89. The Morgan fingerprint density at radius 2 is 0.892 bits per heavy atom. The highest BCUT2D eigenvalue weighted by Gasteiger charge is 2.25. The molecule has 14 rings (SSSR count). The van der Waals surface area contributed by atoms with Crippen LogP contribution in [0.25, 0.3) is 113 Å². The molecule has 0 amide bonds. The van der Waals surface area contributed by atoms with Crippen LogP contribution in [-0.2, 0) is 0 Å². The molecule has 2 aromatic heterocycles. The number of fused-ring (bicyclic) bond motifs is 13. The van der Waals surface area contributed by atoms with E-state index in [4.69, 9.17) is 0 Å². The number of hydrogen-bond donors (Lipinski definition) is 0. The molecule has 14 aromatic rings. The van der Waals surface area contributed by atoms with Crippen molar-refractivity contribution in [3.63, 3.8) is 0 Å². The van der Waals surface area contributed by atoms with E-state index in [0.717, 1.165) is 17.1 Å². The van der Waals surface area contributed by atoms with Crippen LogP contribution in [0.5, 0.6) is 0 Å². The van der Waals surface area contributed by atoms with Gasteiger partial charge in [-0.1, -0.05) is 170 Å². The summed E-state index contributed by atoms with van der Waals surface area (Å²) in [5.74, 6) is 0. The van der Waals surface area contributed by atoms with Crippen molar-refractivity contribution in [3.8, 4) is 16.8 Å². The third-order valence-corrected chi connectivity index (χ3v) is 14.9. The maximum Gasteiger partial charge on any atom is 0.0640 e. The predicted molar refractivity (Wildman–Crippen MR) is 281 cm³/mol. The van der Waals surface area contributed by atoms with E-state index in [1.165, 1.54) is 113 Å². The molecular weight excluding hydrogens is 805 g/mol. The maximum absolute atomic E-state index is 2.53. The minimum atomic E-state index is 1.11. The molecule has 0 atom stereocenters. The minimum absolute atomic E-state index is 1.11. The monoisotopic (exact) mass is 842 g/mol. The topological polar surface area (TPSA) is 8.17 Å². The fourth-order valence-electron chi connectivity index (χ4n) is 10.7. The summed E-state index contributed by atoms with van der Waals surface area (Å²) in [5.41, 5.74) is 9.34. The molecule has 2 nitrogen and oxygen atoms in total. The van der Waals surface area contributed by atoms with Crippen LogP contribution >= 0.6 is 11.3 Å². The van der Waals surface area contributed by atoms with Crippen molar-refractivity contribution in [1.82, 2.24) is 4.57 Å². The molecule has 0 spiro atoms. The standard InChI is InChI=1S/C62H38N2S/c1-2-16-45-38-58-53(37-44(45)15-1)61-55(23-11-24-56(61)64(58)54-22-9-17-40-12-4-7-19-49(40)54)63(57-25-10-21-51-60-50-20-8-5-14-42(50)32-35-59(60)65-62(51)57)47-33-30-39(31-34-47)46-29-28-43-27-26-41-13-3-6-18-48(41)52(43)36-46/h1-38H. The van der Waals surface area contributed by atoms with Gasteiger partial charge in [-0.25, -0.2) is 0 Å². The quantitative estimate of drug-likeness (QED) is 0.157. The Morgan fingerprint density at radius 1 is 0.323 bits per heavy atom. The maximum atomic E-state index is 2.53. The van der Waals surface area contributed by atoms with E-state index in [2.05, 4.69) is 240 Å². The summed E-state index contributed by atoms with van der Waals surface area (Å²) < 4.78 is 5.06. The van der Waals surface area contributed by atoms with E-state index >= 15 is 0 Å². The van der Waals surface area contributed by atoms with Gasteiger partial charge in [0.25, 0.3) is 0 Å². The van der Waals surface area contributed by atoms with Crippen molar-refractivity contribution in [2.24, 2.45) is 0 Å². The van der Waals surface area contributed by atoms with Gasteiger partial charge in [0.2, 0.25) is 0 Å². The third-order valence-electron chi connectivity index (χ3n) is 13.7. The highest BCUT2D eigenvalue weighted by atomic mass is 32.1. The SMILES string of the molecule is c1ccc2cc3c(cc2c1)c1c(N(c2ccc(-c4ccc5ccc6ccccc6c5c4)cc2)c2cccc4c2sc2ccc5ccccc5c24)cccc1n3-c1cccc2ccccc12. The lowest BCUT2D eigenvalue weighted by molar-refractivity contribution is 1.20. The lowest BCUT2D eigenvalue weighted by atomic mass is 9.97. The normalized spacial score (nSPS) is 12.0. The first-order valence-electron chi connectivity index (χ1n) is 22.3. The average Bonchev–Trinajstić information content (AvgIpc) is 3.92. The van der Waals surface area contributed by atoms with Crippen LogP contribution in [0.2, 0.25) is 0 Å². The van der Waals surface area contributed by atoms with Gasteiger partial charge in [-0.3, -0.25) is 0 Å². The lowest BCUT2D eigenvalue weighted by Gasteiger charge is -2.27. The molecule has 0 fully saturated rings. The van der Waals surface area contributed by atoms with Crippen LogP contribution in [0.3, 0.4) is 0 Å². The number of hydrogen-bond acceptors (Lipinski definition) is 2. The van der Waals surface area contributed by atoms with Gasteiger partial charge in [0.15, 0.2) is 0 Å². The van der Waals surface area contributed by atoms with Gasteiger partial charge in [-0.2, -0.15) is 0 Å². The molecule has 0 aliphatic heterocycles. The molecule has 0 radical (unpaired) electrons. The van der Waals surface area contributed by atoms with E-state index in [1.54, 1.807) is 0 Å². The summed E-state index contributed by atoms with van der Waals surface area (Å²) in [7, 11) is 0. The first-order chi connectivity index (χ1) is 32.2. The molecule has 0 unspecified atom stereocenters. The molecule has 0 N–H and O–H groups in total. The Bertz CT molecular complexity index is 4240. The Labute approximate surface area is 379 Å². The summed E-state index contributed by atoms with van der Waals surface area (Å²) in [5, 5.41) is 17.6. The molecule has 12 aromatic carbocycles. The zero-order chi connectivity index (χ0) is 42.6. The number of aromatic nitrogens is 1. The second kappa shape index (κ2) is 14.1. The number of benzene rings is 12. The van der Waals surface area contributed by atoms with E-state index in [1.807, 2.05) is 11.3 Å². The van der Waals surface area contributed by atoms with Crippen LogP contribution < -0.4 is 4.90 Å². The Morgan fingerprint density at radius 3 is 1.71 bits per heavy atom. The molecule has 2 heterocycles. The zero-order valence-corrected chi connectivity index (χ0v) is 36.1. The Hall–Kier alpha value is -8.24. The molecule has 0 saturated carbocycles. The van der Waals surface area contributed by atoms with Crippen LogP contribution in [0.15, 0.2) is 231 Å². The fraction of sp³-hybridized carbons (Fsp3) is 0. The van der Waals surface area contributed by atoms with Gasteiger partial charge in [0.05, 0.1) is 32.8 Å². The van der Waals surface area contributed by atoms with E-state index in [9.17, 15) is 0 Å². The van der Waals surface area contributed by atoms with Crippen molar-refractivity contribution < 1.29 is 0 Å². The number of thiophene rings is 1. The highest BCUT2D eigenvalue weighted by molar-refractivity contribution is 7.26. The first kappa shape index (κ1) is 36.3. The van der Waals surface area contributed by atoms with Crippen molar-refractivity contribution in [2.45, 2.75) is 0 Å². The molecular formula is C62H38N2S. The number of anilines is 3. The number of rotatable bonds is 5. The molecule has 3 heteroatoms. The largest absolute Gasteiger partial charge is 0.309 e. The lowest BCUT2D eigenvalue weighted by Crippen LogP contribution is -2.10. The smallest absolute Gasteiger partial charge is 0.0640 e. The van der Waals surface area contributed by atoms with Crippen LogP contribution in [-0.4, -0.2) is 4.57 Å². The molecule has 0 aliphatic rings. The zero-order valence-electron chi connectivity index (χ0n) is 35.2. The van der Waals surface area contributed by atoms with Gasteiger partial charge in [-0.15, -0.1) is 11.3 Å². The van der Waals surface area contributed by atoms with Gasteiger partial charge >= 0.3 is 0 Å². The van der Waals surface area contributed by atoms with Crippen molar-refractivity contribution >= 4 is 124 Å². The van der Waals surface area contributed by atoms with Crippen LogP contribution in [0, 0.1) is 0 Å². The first-order valence-corrected chi connectivity index (χ1v) is 23.1. The van der Waals surface area contributed by atoms with Gasteiger partial charge in [-0.05, 0) is 120 Å². The van der Waals surface area contributed by atoms with E-state index in [-0.39, 0.29) is 0 Å². The highest BCUT2D eigenvalue weighted by Crippen LogP contribution is 2.50. The van der Waals surface area contributed by atoms with Crippen LogP contribution in [0.4, 0.5) is 17.1 Å². The van der Waals surface area contributed by atoms with Crippen molar-refractivity contribution in [2.75, 3.05) is 4.90 Å². The van der Waals surface area contributed by atoms with Crippen LogP contribution in [0.1, 0.15) is 0 Å². The summed E-state index contributed by atoms with van der Waals surface area (Å²) in [4.78, 5) is 2.53. The summed E-state index contributed by atoms with van der Waals surface area (Å²) in [6.07, 6.45) is 0. The minimum Gasteiger partial charge on any atom is -0.309 e. The summed E-state index contributed by atoms with van der Waals surface area (Å²) in [6.45, 7) is 0. The molecule has 302 valence electrons. The van der Waals surface area contributed by atoms with Gasteiger partial charge in [0.1, 0.15) is 0 Å². The van der Waals surface area contributed by atoms with E-state index < -0.39 is 0 Å². The second-order valence-corrected chi connectivity index (χ2v) is 18.3. The second-order valence-electron chi connectivity index (χ2n) is 17.2. The molecule has 0 aliphatic carbocycles. The summed E-state index contributed by atoms with van der Waals surface area (Å²) in [6, 6.07) is 85.5.